The van der Waals surface area contributed by atoms with E-state index in [-0.39, 0.29) is 5.92 Å². The topological polar surface area (TPSA) is 81.5 Å². The first-order valence-corrected chi connectivity index (χ1v) is 7.52. The van der Waals surface area contributed by atoms with Gasteiger partial charge in [0.15, 0.2) is 0 Å². The average molecular weight is 286 g/mol. The van der Waals surface area contributed by atoms with Crippen LogP contribution in [0.15, 0.2) is 0 Å². The first kappa shape index (κ1) is 15.5. The molecule has 0 radical (unpaired) electrons. The Morgan fingerprint density at radius 1 is 1.38 bits per heavy atom. The lowest BCUT2D eigenvalue weighted by Crippen LogP contribution is -2.37. The molecule has 0 unspecified atom stereocenters. The van der Waals surface area contributed by atoms with Crippen molar-refractivity contribution in [2.24, 2.45) is 5.92 Å². The molecular formula is C15H22N6. The third kappa shape index (κ3) is 4.03. The molecule has 0 spiro atoms. The van der Waals surface area contributed by atoms with Crippen LogP contribution in [0.1, 0.15) is 37.3 Å². The second-order valence-electron chi connectivity index (χ2n) is 5.70. The third-order valence-corrected chi connectivity index (χ3v) is 4.09. The average Bonchev–Trinajstić information content (AvgIpc) is 3.02. The van der Waals surface area contributed by atoms with E-state index in [0.717, 1.165) is 44.1 Å². The van der Waals surface area contributed by atoms with Crippen LogP contribution in [0.4, 0.5) is 0 Å². The number of hydrogen-bond donors (Lipinski definition) is 0. The summed E-state index contributed by atoms with van der Waals surface area (Å²) in [5.74, 6) is 1.70. The maximum atomic E-state index is 9.22. The predicted molar refractivity (Wildman–Crippen MR) is 78.0 cm³/mol. The van der Waals surface area contributed by atoms with Crippen molar-refractivity contribution >= 4 is 0 Å². The van der Waals surface area contributed by atoms with E-state index in [1.807, 2.05) is 18.5 Å². The van der Waals surface area contributed by atoms with Crippen LogP contribution in [0.5, 0.6) is 0 Å². The molecule has 1 fully saturated rings. The van der Waals surface area contributed by atoms with Gasteiger partial charge in [-0.2, -0.15) is 15.6 Å². The number of aryl methyl sites for hydroxylation is 2. The van der Waals surface area contributed by atoms with Crippen molar-refractivity contribution in [3.8, 4) is 12.1 Å². The van der Waals surface area contributed by atoms with Gasteiger partial charge in [0.05, 0.1) is 24.6 Å². The highest BCUT2D eigenvalue weighted by molar-refractivity contribution is 4.93. The van der Waals surface area contributed by atoms with E-state index in [2.05, 4.69) is 27.1 Å². The van der Waals surface area contributed by atoms with Gasteiger partial charge in [-0.25, -0.2) is 9.67 Å². The van der Waals surface area contributed by atoms with Gasteiger partial charge in [0.2, 0.25) is 0 Å². The van der Waals surface area contributed by atoms with Crippen LogP contribution < -0.4 is 0 Å². The molecule has 0 bridgehead atoms. The van der Waals surface area contributed by atoms with Gasteiger partial charge in [0, 0.05) is 19.0 Å². The largest absolute Gasteiger partial charge is 0.297 e. The minimum Gasteiger partial charge on any atom is -0.297 e. The summed E-state index contributed by atoms with van der Waals surface area (Å²) in [5, 5.41) is 22.3. The molecule has 112 valence electrons. The molecule has 6 heteroatoms. The SMILES string of the molecule is Cc1nc(C)n(C[C@@H]2CCCN2C[C@H](C#N)CCC#N)n1. The summed E-state index contributed by atoms with van der Waals surface area (Å²) < 4.78 is 1.97. The Morgan fingerprint density at radius 3 is 2.81 bits per heavy atom. The lowest BCUT2D eigenvalue weighted by Gasteiger charge is -2.26. The Hall–Kier alpha value is -1.92. The van der Waals surface area contributed by atoms with Crippen molar-refractivity contribution < 1.29 is 0 Å². The van der Waals surface area contributed by atoms with Gasteiger partial charge >= 0.3 is 0 Å². The van der Waals surface area contributed by atoms with Gasteiger partial charge in [-0.15, -0.1) is 0 Å². The van der Waals surface area contributed by atoms with E-state index in [1.165, 1.54) is 0 Å². The van der Waals surface area contributed by atoms with Crippen LogP contribution in [0, 0.1) is 42.4 Å². The first-order chi connectivity index (χ1) is 10.1. The molecule has 2 rings (SSSR count). The minimum atomic E-state index is -0.0520. The minimum absolute atomic E-state index is 0.0520. The Balaban J connectivity index is 1.95. The molecule has 1 aromatic rings. The fourth-order valence-electron chi connectivity index (χ4n) is 2.99. The summed E-state index contributed by atoms with van der Waals surface area (Å²) >= 11 is 0. The van der Waals surface area contributed by atoms with Gasteiger partial charge < -0.3 is 0 Å². The van der Waals surface area contributed by atoms with Gasteiger partial charge in [0.25, 0.3) is 0 Å². The summed E-state index contributed by atoms with van der Waals surface area (Å²) in [6.07, 6.45) is 3.42. The number of nitriles is 2. The summed E-state index contributed by atoms with van der Waals surface area (Å²) in [6.45, 7) is 6.51. The lowest BCUT2D eigenvalue weighted by molar-refractivity contribution is 0.205. The standard InChI is InChI=1S/C15H22N6/c1-12-18-13(2)21(19-12)11-15-6-4-8-20(15)10-14(9-17)5-3-7-16/h14-15H,3-6,8,10-11H2,1-2H3/t14-,15-/m0/s1. The quantitative estimate of drug-likeness (QED) is 0.796. The molecular weight excluding hydrogens is 264 g/mol. The first-order valence-electron chi connectivity index (χ1n) is 7.52. The molecule has 0 saturated carbocycles. The molecule has 0 aliphatic carbocycles. The Labute approximate surface area is 126 Å². The van der Waals surface area contributed by atoms with Crippen LogP contribution in [-0.4, -0.2) is 38.8 Å². The summed E-state index contributed by atoms with van der Waals surface area (Å²) in [6, 6.07) is 4.88. The second-order valence-corrected chi connectivity index (χ2v) is 5.70. The second kappa shape index (κ2) is 7.19. The zero-order valence-corrected chi connectivity index (χ0v) is 12.8. The zero-order chi connectivity index (χ0) is 15.2. The molecule has 1 aromatic heterocycles. The van der Waals surface area contributed by atoms with Crippen molar-refractivity contribution in [1.29, 1.82) is 10.5 Å². The van der Waals surface area contributed by atoms with Crippen molar-refractivity contribution in [3.05, 3.63) is 11.6 Å². The molecule has 2 heterocycles. The fraction of sp³-hybridized carbons (Fsp3) is 0.733. The molecule has 2 atom stereocenters. The van der Waals surface area contributed by atoms with Crippen LogP contribution in [-0.2, 0) is 6.54 Å². The van der Waals surface area contributed by atoms with Crippen molar-refractivity contribution in [3.63, 3.8) is 0 Å². The number of nitrogens with zero attached hydrogens (tertiary/aromatic N) is 6. The van der Waals surface area contributed by atoms with Crippen molar-refractivity contribution in [2.45, 2.75) is 52.1 Å². The highest BCUT2D eigenvalue weighted by Gasteiger charge is 2.27. The molecule has 1 aliphatic heterocycles. The van der Waals surface area contributed by atoms with E-state index in [0.29, 0.717) is 18.9 Å². The van der Waals surface area contributed by atoms with E-state index >= 15 is 0 Å². The molecule has 21 heavy (non-hydrogen) atoms. The predicted octanol–water partition coefficient (Wildman–Crippen LogP) is 1.80. The Bertz CT molecular complexity index is 549. The molecule has 1 aliphatic rings. The van der Waals surface area contributed by atoms with E-state index in [9.17, 15) is 5.26 Å². The van der Waals surface area contributed by atoms with E-state index < -0.39 is 0 Å². The maximum absolute atomic E-state index is 9.22. The number of aromatic nitrogens is 3. The Morgan fingerprint density at radius 2 is 2.19 bits per heavy atom. The van der Waals surface area contributed by atoms with E-state index in [4.69, 9.17) is 5.26 Å². The molecule has 6 nitrogen and oxygen atoms in total. The van der Waals surface area contributed by atoms with Crippen molar-refractivity contribution in [2.75, 3.05) is 13.1 Å². The van der Waals surface area contributed by atoms with E-state index in [1.54, 1.807) is 0 Å². The van der Waals surface area contributed by atoms with Gasteiger partial charge in [-0.1, -0.05) is 0 Å². The van der Waals surface area contributed by atoms with Crippen LogP contribution in [0.3, 0.4) is 0 Å². The van der Waals surface area contributed by atoms with Gasteiger partial charge in [-0.3, -0.25) is 4.90 Å². The van der Waals surface area contributed by atoms with Crippen LogP contribution in [0.2, 0.25) is 0 Å². The van der Waals surface area contributed by atoms with Crippen molar-refractivity contribution in [1.82, 2.24) is 19.7 Å². The Kier molecular flexibility index (Phi) is 5.30. The number of hydrogen-bond acceptors (Lipinski definition) is 5. The molecule has 0 N–H and O–H groups in total. The zero-order valence-electron chi connectivity index (χ0n) is 12.8. The molecule has 0 aromatic carbocycles. The highest BCUT2D eigenvalue weighted by atomic mass is 15.4. The highest BCUT2D eigenvalue weighted by Crippen LogP contribution is 2.21. The maximum Gasteiger partial charge on any atom is 0.147 e. The van der Waals surface area contributed by atoms with Gasteiger partial charge in [-0.05, 0) is 39.7 Å². The summed E-state index contributed by atoms with van der Waals surface area (Å²) in [5.41, 5.74) is 0. The van der Waals surface area contributed by atoms with Crippen LogP contribution >= 0.6 is 0 Å². The lowest BCUT2D eigenvalue weighted by atomic mass is 10.0. The fourth-order valence-corrected chi connectivity index (χ4v) is 2.99. The molecule has 0 amide bonds. The van der Waals surface area contributed by atoms with Gasteiger partial charge in [0.1, 0.15) is 11.6 Å². The number of rotatable bonds is 6. The summed E-state index contributed by atoms with van der Waals surface area (Å²) in [7, 11) is 0. The normalized spacial score (nSPS) is 20.1. The monoisotopic (exact) mass is 286 g/mol. The molecule has 1 saturated heterocycles. The number of likely N-dealkylation sites (tertiary alicyclic amines) is 1. The third-order valence-electron chi connectivity index (χ3n) is 4.09. The van der Waals surface area contributed by atoms with Crippen LogP contribution in [0.25, 0.3) is 0 Å². The smallest absolute Gasteiger partial charge is 0.147 e. The summed E-state index contributed by atoms with van der Waals surface area (Å²) in [4.78, 5) is 6.72.